The molecule has 2 amide bonds. The van der Waals surface area contributed by atoms with E-state index in [4.69, 9.17) is 5.73 Å². The fourth-order valence-electron chi connectivity index (χ4n) is 4.67. The van der Waals surface area contributed by atoms with Crippen molar-refractivity contribution < 1.29 is 9.59 Å². The van der Waals surface area contributed by atoms with E-state index in [9.17, 15) is 9.59 Å². The molecular weight excluding hydrogens is 326 g/mol. The molecule has 5 nitrogen and oxygen atoms in total. The summed E-state index contributed by atoms with van der Waals surface area (Å²) in [5.74, 6) is 0.242. The van der Waals surface area contributed by atoms with Crippen molar-refractivity contribution in [2.24, 2.45) is 11.1 Å². The van der Waals surface area contributed by atoms with Crippen LogP contribution in [0.15, 0.2) is 30.3 Å². The Kier molecular flexibility index (Phi) is 5.97. The van der Waals surface area contributed by atoms with Crippen LogP contribution in [0.2, 0.25) is 0 Å². The van der Waals surface area contributed by atoms with Gasteiger partial charge in [0.2, 0.25) is 11.8 Å². The molecule has 1 aromatic carbocycles. The van der Waals surface area contributed by atoms with Crippen LogP contribution in [0.25, 0.3) is 0 Å². The molecule has 2 fully saturated rings. The summed E-state index contributed by atoms with van der Waals surface area (Å²) in [6.45, 7) is 7.18. The molecule has 26 heavy (non-hydrogen) atoms. The van der Waals surface area contributed by atoms with Gasteiger partial charge < -0.3 is 15.5 Å². The Labute approximate surface area is 156 Å². The van der Waals surface area contributed by atoms with E-state index in [-0.39, 0.29) is 18.7 Å². The molecule has 2 heterocycles. The lowest BCUT2D eigenvalue weighted by atomic mass is 9.68. The summed E-state index contributed by atoms with van der Waals surface area (Å²) in [6.07, 6.45) is 3.71. The maximum atomic E-state index is 12.3. The molecule has 1 unspecified atom stereocenters. The van der Waals surface area contributed by atoms with Crippen LogP contribution in [0.3, 0.4) is 0 Å². The molecular formula is C21H31N3O2. The third-order valence-electron chi connectivity index (χ3n) is 6.20. The highest BCUT2D eigenvalue weighted by molar-refractivity contribution is 5.82. The van der Waals surface area contributed by atoms with E-state index in [2.05, 4.69) is 42.2 Å². The Morgan fingerprint density at radius 2 is 1.85 bits per heavy atom. The van der Waals surface area contributed by atoms with Crippen LogP contribution >= 0.6 is 0 Å². The first-order valence-electron chi connectivity index (χ1n) is 9.85. The van der Waals surface area contributed by atoms with Crippen LogP contribution in [0, 0.1) is 5.41 Å². The van der Waals surface area contributed by atoms with E-state index in [0.29, 0.717) is 11.3 Å². The van der Waals surface area contributed by atoms with Crippen LogP contribution in [0.5, 0.6) is 0 Å². The third-order valence-corrected chi connectivity index (χ3v) is 6.20. The van der Waals surface area contributed by atoms with Crippen LogP contribution in [0.4, 0.5) is 0 Å². The Balaban J connectivity index is 1.64. The number of rotatable bonds is 5. The number of benzene rings is 1. The number of amides is 2. The van der Waals surface area contributed by atoms with E-state index in [1.54, 1.807) is 0 Å². The monoisotopic (exact) mass is 357 g/mol. The largest absolute Gasteiger partial charge is 0.370 e. The van der Waals surface area contributed by atoms with Crippen molar-refractivity contribution in [2.75, 3.05) is 32.7 Å². The molecule has 3 rings (SSSR count). The van der Waals surface area contributed by atoms with Gasteiger partial charge in [-0.25, -0.2) is 0 Å². The number of primary amides is 1. The lowest BCUT2D eigenvalue weighted by Gasteiger charge is -2.50. The number of likely N-dealkylation sites (tertiary alicyclic amines) is 2. The van der Waals surface area contributed by atoms with Gasteiger partial charge in [-0.2, -0.15) is 0 Å². The molecule has 2 aliphatic rings. The first-order chi connectivity index (χ1) is 12.5. The summed E-state index contributed by atoms with van der Waals surface area (Å²) in [5.41, 5.74) is 6.90. The van der Waals surface area contributed by atoms with Crippen LogP contribution in [0.1, 0.15) is 50.5 Å². The molecule has 142 valence electrons. The number of nitrogens with two attached hydrogens (primary N) is 1. The first-order valence-corrected chi connectivity index (χ1v) is 9.85. The van der Waals surface area contributed by atoms with E-state index in [1.165, 1.54) is 12.0 Å². The predicted octanol–water partition coefficient (Wildman–Crippen LogP) is 2.37. The summed E-state index contributed by atoms with van der Waals surface area (Å²) in [6, 6.07) is 10.8. The van der Waals surface area contributed by atoms with E-state index < -0.39 is 5.91 Å². The fraction of sp³-hybridized carbons (Fsp3) is 0.619. The average molecular weight is 357 g/mol. The maximum Gasteiger partial charge on any atom is 0.223 e. The predicted molar refractivity (Wildman–Crippen MR) is 103 cm³/mol. The molecule has 2 N–H and O–H groups in total. The van der Waals surface area contributed by atoms with Crippen molar-refractivity contribution in [3.05, 3.63) is 35.9 Å². The van der Waals surface area contributed by atoms with Gasteiger partial charge in [0, 0.05) is 39.0 Å². The van der Waals surface area contributed by atoms with Gasteiger partial charge in [0.25, 0.3) is 0 Å². The van der Waals surface area contributed by atoms with Crippen molar-refractivity contribution >= 4 is 11.8 Å². The Morgan fingerprint density at radius 3 is 2.46 bits per heavy atom. The zero-order chi connectivity index (χ0) is 18.6. The van der Waals surface area contributed by atoms with Crippen LogP contribution in [-0.2, 0) is 9.59 Å². The second kappa shape index (κ2) is 8.21. The van der Waals surface area contributed by atoms with Gasteiger partial charge >= 0.3 is 0 Å². The zero-order valence-electron chi connectivity index (χ0n) is 15.8. The molecule has 2 saturated heterocycles. The van der Waals surface area contributed by atoms with Gasteiger partial charge in [0.05, 0.1) is 0 Å². The molecule has 2 aliphatic heterocycles. The van der Waals surface area contributed by atoms with Crippen molar-refractivity contribution in [2.45, 2.75) is 44.9 Å². The van der Waals surface area contributed by atoms with Gasteiger partial charge in [0.1, 0.15) is 0 Å². The fourth-order valence-corrected chi connectivity index (χ4v) is 4.67. The molecule has 0 bridgehead atoms. The number of carbonyl (C=O) groups is 2. The SMILES string of the molecule is CCN1CC(c2ccccc2)CC2(CCN(C(=O)CCC(N)=O)CC2)C1. The summed E-state index contributed by atoms with van der Waals surface area (Å²) >= 11 is 0. The van der Waals surface area contributed by atoms with Gasteiger partial charge in [-0.1, -0.05) is 37.3 Å². The minimum atomic E-state index is -0.400. The molecule has 0 aromatic heterocycles. The van der Waals surface area contributed by atoms with E-state index in [1.807, 2.05) is 4.90 Å². The highest BCUT2D eigenvalue weighted by Crippen LogP contribution is 2.45. The number of carbonyl (C=O) groups excluding carboxylic acids is 2. The molecule has 0 aliphatic carbocycles. The molecule has 1 spiro atoms. The standard InChI is InChI=1S/C21H31N3O2/c1-2-23-15-18(17-6-4-3-5-7-17)14-21(16-23)10-12-24(13-11-21)20(26)9-8-19(22)25/h3-7,18H,2,8-16H2,1H3,(H2,22,25). The van der Waals surface area contributed by atoms with Crippen LogP contribution < -0.4 is 5.73 Å². The smallest absolute Gasteiger partial charge is 0.223 e. The lowest BCUT2D eigenvalue weighted by molar-refractivity contribution is -0.136. The topological polar surface area (TPSA) is 66.6 Å². The van der Waals surface area contributed by atoms with E-state index in [0.717, 1.165) is 45.6 Å². The number of hydrogen-bond donors (Lipinski definition) is 1. The second-order valence-corrected chi connectivity index (χ2v) is 7.99. The third kappa shape index (κ3) is 4.44. The Bertz CT molecular complexity index is 623. The zero-order valence-corrected chi connectivity index (χ0v) is 15.8. The highest BCUT2D eigenvalue weighted by Gasteiger charge is 2.42. The summed E-state index contributed by atoms with van der Waals surface area (Å²) in [4.78, 5) is 27.7. The molecule has 1 atom stereocenters. The average Bonchev–Trinajstić information content (AvgIpc) is 2.67. The Morgan fingerprint density at radius 1 is 1.15 bits per heavy atom. The van der Waals surface area contributed by atoms with Crippen molar-refractivity contribution in [3.8, 4) is 0 Å². The van der Waals surface area contributed by atoms with Gasteiger partial charge in [-0.15, -0.1) is 0 Å². The number of likely N-dealkylation sites (N-methyl/N-ethyl adjacent to an activating group) is 1. The molecule has 0 radical (unpaired) electrons. The Hall–Kier alpha value is -1.88. The first kappa shape index (κ1) is 18.9. The summed E-state index contributed by atoms with van der Waals surface area (Å²) in [5, 5.41) is 0. The van der Waals surface area contributed by atoms with Gasteiger partial charge in [-0.05, 0) is 42.7 Å². The van der Waals surface area contributed by atoms with Crippen LogP contribution in [-0.4, -0.2) is 54.3 Å². The number of piperidine rings is 2. The highest BCUT2D eigenvalue weighted by atomic mass is 16.2. The second-order valence-electron chi connectivity index (χ2n) is 7.99. The van der Waals surface area contributed by atoms with Crippen molar-refractivity contribution in [1.29, 1.82) is 0 Å². The summed E-state index contributed by atoms with van der Waals surface area (Å²) in [7, 11) is 0. The van der Waals surface area contributed by atoms with Gasteiger partial charge in [0.15, 0.2) is 0 Å². The van der Waals surface area contributed by atoms with Gasteiger partial charge in [-0.3, -0.25) is 9.59 Å². The van der Waals surface area contributed by atoms with Crippen molar-refractivity contribution in [3.63, 3.8) is 0 Å². The molecule has 1 aromatic rings. The van der Waals surface area contributed by atoms with E-state index >= 15 is 0 Å². The molecule has 0 saturated carbocycles. The minimum Gasteiger partial charge on any atom is -0.370 e. The maximum absolute atomic E-state index is 12.3. The number of nitrogens with zero attached hydrogens (tertiary/aromatic N) is 2. The quantitative estimate of drug-likeness (QED) is 0.880. The molecule has 5 heteroatoms. The minimum absolute atomic E-state index is 0.0708. The number of hydrogen-bond acceptors (Lipinski definition) is 3. The summed E-state index contributed by atoms with van der Waals surface area (Å²) < 4.78 is 0. The van der Waals surface area contributed by atoms with Crippen molar-refractivity contribution in [1.82, 2.24) is 9.80 Å². The lowest BCUT2D eigenvalue weighted by Crippen LogP contribution is -2.52. The normalized spacial score (nSPS) is 23.1.